The summed E-state index contributed by atoms with van der Waals surface area (Å²) in [5.74, 6) is 0.913. The van der Waals surface area contributed by atoms with Crippen LogP contribution in [0.5, 0.6) is 0 Å². The van der Waals surface area contributed by atoms with Gasteiger partial charge in [-0.1, -0.05) is 31.6 Å². The molecule has 1 unspecified atom stereocenters. The Bertz CT molecular complexity index is 703. The Balaban J connectivity index is 1.42. The molecule has 1 aliphatic carbocycles. The molecule has 0 radical (unpaired) electrons. The monoisotopic (exact) mass is 385 g/mol. The van der Waals surface area contributed by atoms with Crippen molar-refractivity contribution in [3.63, 3.8) is 0 Å². The number of carbonyl (C=O) groups is 1. The summed E-state index contributed by atoms with van der Waals surface area (Å²) in [7, 11) is 0. The Kier molecular flexibility index (Phi) is 7.13. The Hall–Kier alpha value is -1.59. The van der Waals surface area contributed by atoms with E-state index in [1.54, 1.807) is 0 Å². The zero-order valence-corrected chi connectivity index (χ0v) is 17.5. The third-order valence-electron chi connectivity index (χ3n) is 5.28. The summed E-state index contributed by atoms with van der Waals surface area (Å²) in [4.78, 5) is 18.3. The van der Waals surface area contributed by atoms with Gasteiger partial charge in [0.15, 0.2) is 0 Å². The van der Waals surface area contributed by atoms with E-state index in [0.29, 0.717) is 12.5 Å². The number of amides is 1. The van der Waals surface area contributed by atoms with Crippen LogP contribution in [-0.4, -0.2) is 28.3 Å². The average Bonchev–Trinajstić information content (AvgIpc) is 2.66. The standard InChI is InChI=1S/C22H31N3OS/c1-4-18-5-6-20(23-14-18)15-24-22(26)19-7-9-25(10-8-19)27-21-12-16(2)11-17(3)13-21/h5-6,12-14,16,19H,4,7-11,15H2,1-3H3,(H,24,26). The fourth-order valence-electron chi connectivity index (χ4n) is 3.70. The zero-order valence-electron chi connectivity index (χ0n) is 16.7. The highest BCUT2D eigenvalue weighted by atomic mass is 32.2. The summed E-state index contributed by atoms with van der Waals surface area (Å²) in [6, 6.07) is 4.09. The van der Waals surface area contributed by atoms with Crippen molar-refractivity contribution in [2.75, 3.05) is 13.1 Å². The van der Waals surface area contributed by atoms with Crippen LogP contribution in [0.15, 0.2) is 41.0 Å². The van der Waals surface area contributed by atoms with Crippen LogP contribution < -0.4 is 5.32 Å². The van der Waals surface area contributed by atoms with Gasteiger partial charge in [0.1, 0.15) is 0 Å². The molecular weight excluding hydrogens is 354 g/mol. The molecule has 27 heavy (non-hydrogen) atoms. The number of nitrogens with one attached hydrogen (secondary N) is 1. The highest BCUT2D eigenvalue weighted by molar-refractivity contribution is 8.01. The van der Waals surface area contributed by atoms with Crippen LogP contribution in [0.2, 0.25) is 0 Å². The zero-order chi connectivity index (χ0) is 19.2. The third-order valence-corrected chi connectivity index (χ3v) is 6.37. The summed E-state index contributed by atoms with van der Waals surface area (Å²) < 4.78 is 2.41. The molecule has 5 heteroatoms. The predicted molar refractivity (Wildman–Crippen MR) is 113 cm³/mol. The minimum atomic E-state index is 0.119. The molecule has 1 fully saturated rings. The van der Waals surface area contributed by atoms with Gasteiger partial charge in [-0.05, 0) is 68.2 Å². The molecule has 0 spiro atoms. The van der Waals surface area contributed by atoms with Crippen molar-refractivity contribution in [1.29, 1.82) is 0 Å². The van der Waals surface area contributed by atoms with Crippen molar-refractivity contribution in [3.05, 3.63) is 52.2 Å². The second-order valence-corrected chi connectivity index (χ2v) is 8.94. The van der Waals surface area contributed by atoms with Gasteiger partial charge >= 0.3 is 0 Å². The van der Waals surface area contributed by atoms with Crippen molar-refractivity contribution in [3.8, 4) is 0 Å². The second kappa shape index (κ2) is 9.56. The molecule has 2 heterocycles. The van der Waals surface area contributed by atoms with Gasteiger partial charge in [-0.15, -0.1) is 0 Å². The molecular formula is C22H31N3OS. The Morgan fingerprint density at radius 2 is 2.11 bits per heavy atom. The molecule has 1 aliphatic heterocycles. The minimum absolute atomic E-state index is 0.119. The number of pyridine rings is 1. The van der Waals surface area contributed by atoms with Crippen LogP contribution in [0.4, 0.5) is 0 Å². The molecule has 1 aromatic heterocycles. The molecule has 3 rings (SSSR count). The number of carbonyl (C=O) groups excluding carboxylic acids is 1. The molecule has 0 aromatic carbocycles. The van der Waals surface area contributed by atoms with Gasteiger partial charge in [-0.25, -0.2) is 4.31 Å². The van der Waals surface area contributed by atoms with E-state index in [-0.39, 0.29) is 11.8 Å². The van der Waals surface area contributed by atoms with Crippen LogP contribution in [0.1, 0.15) is 51.3 Å². The van der Waals surface area contributed by atoms with E-state index in [0.717, 1.165) is 38.0 Å². The van der Waals surface area contributed by atoms with Gasteiger partial charge in [-0.2, -0.15) is 0 Å². The van der Waals surface area contributed by atoms with Crippen LogP contribution in [0, 0.1) is 11.8 Å². The summed E-state index contributed by atoms with van der Waals surface area (Å²) in [6.07, 6.45) is 10.6. The van der Waals surface area contributed by atoms with E-state index in [1.807, 2.05) is 24.2 Å². The minimum Gasteiger partial charge on any atom is -0.350 e. The quantitative estimate of drug-likeness (QED) is 0.733. The summed E-state index contributed by atoms with van der Waals surface area (Å²) in [5, 5.41) is 3.07. The highest BCUT2D eigenvalue weighted by Gasteiger charge is 2.26. The summed E-state index contributed by atoms with van der Waals surface area (Å²) in [6.45, 7) is 9.05. The molecule has 1 amide bonds. The van der Waals surface area contributed by atoms with E-state index in [1.165, 1.54) is 22.5 Å². The van der Waals surface area contributed by atoms with Gasteiger partial charge in [0, 0.05) is 30.1 Å². The summed E-state index contributed by atoms with van der Waals surface area (Å²) in [5.41, 5.74) is 3.61. The number of aryl methyl sites for hydroxylation is 1. The highest BCUT2D eigenvalue weighted by Crippen LogP contribution is 2.33. The molecule has 1 atom stereocenters. The number of piperidine rings is 1. The lowest BCUT2D eigenvalue weighted by atomic mass is 9.97. The number of rotatable bonds is 6. The van der Waals surface area contributed by atoms with E-state index in [2.05, 4.69) is 53.6 Å². The molecule has 2 aliphatic rings. The van der Waals surface area contributed by atoms with Crippen molar-refractivity contribution in [1.82, 2.24) is 14.6 Å². The summed E-state index contributed by atoms with van der Waals surface area (Å²) >= 11 is 1.85. The number of hydrogen-bond acceptors (Lipinski definition) is 4. The molecule has 1 aromatic rings. The Morgan fingerprint density at radius 1 is 1.33 bits per heavy atom. The number of allylic oxidation sites excluding steroid dienone is 3. The lowest BCUT2D eigenvalue weighted by molar-refractivity contribution is -0.126. The Morgan fingerprint density at radius 3 is 2.74 bits per heavy atom. The smallest absolute Gasteiger partial charge is 0.223 e. The maximum atomic E-state index is 12.5. The lowest BCUT2D eigenvalue weighted by Gasteiger charge is -2.31. The van der Waals surface area contributed by atoms with Crippen LogP contribution >= 0.6 is 11.9 Å². The number of hydrogen-bond donors (Lipinski definition) is 1. The van der Waals surface area contributed by atoms with Crippen LogP contribution in [0.3, 0.4) is 0 Å². The lowest BCUT2D eigenvalue weighted by Crippen LogP contribution is -2.38. The van der Waals surface area contributed by atoms with E-state index >= 15 is 0 Å². The van der Waals surface area contributed by atoms with Gasteiger partial charge < -0.3 is 5.32 Å². The SMILES string of the molecule is CCc1ccc(CNC(=O)C2CCN(SC3=CC(C)CC(C)=C3)CC2)nc1. The van der Waals surface area contributed by atoms with Crippen LogP contribution in [0.25, 0.3) is 0 Å². The van der Waals surface area contributed by atoms with Crippen LogP contribution in [-0.2, 0) is 17.8 Å². The maximum Gasteiger partial charge on any atom is 0.223 e. The molecule has 4 nitrogen and oxygen atoms in total. The number of aromatic nitrogens is 1. The molecule has 0 saturated carbocycles. The Labute approximate surface area is 167 Å². The van der Waals surface area contributed by atoms with Gasteiger partial charge in [0.25, 0.3) is 0 Å². The van der Waals surface area contributed by atoms with Gasteiger partial charge in [0.2, 0.25) is 5.91 Å². The fraction of sp³-hybridized carbons (Fsp3) is 0.545. The van der Waals surface area contributed by atoms with E-state index in [9.17, 15) is 4.79 Å². The van der Waals surface area contributed by atoms with Gasteiger partial charge in [0.05, 0.1) is 12.2 Å². The van der Waals surface area contributed by atoms with E-state index < -0.39 is 0 Å². The topological polar surface area (TPSA) is 45.2 Å². The fourth-order valence-corrected chi connectivity index (χ4v) is 4.94. The molecule has 0 bridgehead atoms. The first-order chi connectivity index (χ1) is 13.0. The van der Waals surface area contributed by atoms with Crippen molar-refractivity contribution in [2.24, 2.45) is 11.8 Å². The van der Waals surface area contributed by atoms with Crippen molar-refractivity contribution < 1.29 is 4.79 Å². The average molecular weight is 386 g/mol. The first kappa shape index (κ1) is 20.2. The largest absolute Gasteiger partial charge is 0.350 e. The van der Waals surface area contributed by atoms with E-state index in [4.69, 9.17) is 0 Å². The normalized spacial score (nSPS) is 21.5. The van der Waals surface area contributed by atoms with Crippen molar-refractivity contribution >= 4 is 17.9 Å². The molecule has 146 valence electrons. The third kappa shape index (κ3) is 5.94. The first-order valence-corrected chi connectivity index (χ1v) is 10.8. The molecule has 1 saturated heterocycles. The number of nitrogens with zero attached hydrogens (tertiary/aromatic N) is 2. The predicted octanol–water partition coefficient (Wildman–Crippen LogP) is 4.49. The van der Waals surface area contributed by atoms with Crippen molar-refractivity contribution in [2.45, 2.75) is 53.0 Å². The maximum absolute atomic E-state index is 12.5. The second-order valence-electron chi connectivity index (χ2n) is 7.76. The first-order valence-electron chi connectivity index (χ1n) is 10.1. The van der Waals surface area contributed by atoms with Gasteiger partial charge in [-0.3, -0.25) is 9.78 Å². The molecule has 1 N–H and O–H groups in total.